The summed E-state index contributed by atoms with van der Waals surface area (Å²) in [4.78, 5) is 7.79. The summed E-state index contributed by atoms with van der Waals surface area (Å²) in [6.45, 7) is 1.77. The van der Waals surface area contributed by atoms with E-state index in [0.717, 1.165) is 5.69 Å². The normalized spacial score (nSPS) is 11.5. The zero-order valence-corrected chi connectivity index (χ0v) is 7.88. The molecule has 0 atom stereocenters. The molecule has 0 bridgehead atoms. The van der Waals surface area contributed by atoms with Gasteiger partial charge in [0.15, 0.2) is 0 Å². The summed E-state index contributed by atoms with van der Waals surface area (Å²) in [6.07, 6.45) is 3.02. The Kier molecular flexibility index (Phi) is 2.92. The highest BCUT2D eigenvalue weighted by Crippen LogP contribution is 1.99. The van der Waals surface area contributed by atoms with Crippen LogP contribution < -0.4 is 0 Å². The first-order valence-corrected chi connectivity index (χ1v) is 5.22. The van der Waals surface area contributed by atoms with Crippen molar-refractivity contribution in [2.45, 2.75) is 13.3 Å². The minimum absolute atomic E-state index is 0.0616. The molecule has 4 nitrogen and oxygen atoms in total. The fraction of sp³-hybridized carbons (Fsp3) is 0.429. The minimum Gasteiger partial charge on any atom is -0.258 e. The molecule has 1 aromatic rings. The van der Waals surface area contributed by atoms with Crippen molar-refractivity contribution in [1.82, 2.24) is 9.97 Å². The molecule has 0 N–H and O–H groups in total. The molecule has 0 aliphatic carbocycles. The second-order valence-corrected chi connectivity index (χ2v) is 4.13. The van der Waals surface area contributed by atoms with Crippen LogP contribution in [-0.2, 0) is 16.6 Å². The SMILES string of the molecule is Cc1cnc(CCS(=O)(=O)F)cn1. The van der Waals surface area contributed by atoms with Gasteiger partial charge in [-0.05, 0) is 6.92 Å². The number of aromatic nitrogens is 2. The van der Waals surface area contributed by atoms with Gasteiger partial charge in [0, 0.05) is 18.8 Å². The van der Waals surface area contributed by atoms with Crippen LogP contribution in [0.4, 0.5) is 3.89 Å². The Balaban J connectivity index is 2.61. The van der Waals surface area contributed by atoms with E-state index >= 15 is 0 Å². The summed E-state index contributed by atoms with van der Waals surface area (Å²) in [6, 6.07) is 0. The molecule has 1 aromatic heterocycles. The van der Waals surface area contributed by atoms with Crippen LogP contribution in [0.15, 0.2) is 12.4 Å². The molecule has 13 heavy (non-hydrogen) atoms. The first kappa shape index (κ1) is 10.0. The average molecular weight is 204 g/mol. The molecule has 0 unspecified atom stereocenters. The van der Waals surface area contributed by atoms with Crippen LogP contribution in [0, 0.1) is 6.92 Å². The van der Waals surface area contributed by atoms with Crippen molar-refractivity contribution in [3.8, 4) is 0 Å². The van der Waals surface area contributed by atoms with E-state index < -0.39 is 16.0 Å². The number of rotatable bonds is 3. The lowest BCUT2D eigenvalue weighted by Crippen LogP contribution is -2.04. The molecule has 1 heterocycles. The Labute approximate surface area is 76.1 Å². The summed E-state index contributed by atoms with van der Waals surface area (Å²) in [5.74, 6) is -0.537. The lowest BCUT2D eigenvalue weighted by molar-refractivity contribution is 0.551. The second kappa shape index (κ2) is 3.78. The quantitative estimate of drug-likeness (QED) is 0.677. The molecule has 6 heteroatoms. The Morgan fingerprint density at radius 1 is 1.38 bits per heavy atom. The van der Waals surface area contributed by atoms with Crippen molar-refractivity contribution in [1.29, 1.82) is 0 Å². The molecule has 72 valence electrons. The number of hydrogen-bond acceptors (Lipinski definition) is 4. The lowest BCUT2D eigenvalue weighted by Gasteiger charge is -1.96. The third-order valence-electron chi connectivity index (χ3n) is 1.44. The van der Waals surface area contributed by atoms with Gasteiger partial charge in [0.1, 0.15) is 0 Å². The fourth-order valence-electron chi connectivity index (χ4n) is 0.775. The molecule has 0 saturated carbocycles. The number of hydrogen-bond donors (Lipinski definition) is 0. The standard InChI is InChI=1S/C7H9FN2O2S/c1-6-4-10-7(5-9-6)2-3-13(8,11)12/h4-5H,2-3H2,1H3. The maximum absolute atomic E-state index is 12.1. The Morgan fingerprint density at radius 2 is 2.08 bits per heavy atom. The van der Waals surface area contributed by atoms with Gasteiger partial charge in [-0.1, -0.05) is 0 Å². The highest BCUT2D eigenvalue weighted by atomic mass is 32.3. The number of halogens is 1. The van der Waals surface area contributed by atoms with Crippen molar-refractivity contribution in [3.63, 3.8) is 0 Å². The van der Waals surface area contributed by atoms with Gasteiger partial charge in [0.2, 0.25) is 0 Å². The monoisotopic (exact) mass is 204 g/mol. The largest absolute Gasteiger partial charge is 0.302 e. The zero-order chi connectivity index (χ0) is 9.90. The van der Waals surface area contributed by atoms with Crippen molar-refractivity contribution in [3.05, 3.63) is 23.8 Å². The molecule has 0 aromatic carbocycles. The first-order valence-electron chi connectivity index (χ1n) is 3.67. The number of nitrogens with zero attached hydrogens (tertiary/aromatic N) is 2. The maximum Gasteiger partial charge on any atom is 0.302 e. The van der Waals surface area contributed by atoms with Crippen LogP contribution >= 0.6 is 0 Å². The van der Waals surface area contributed by atoms with Crippen molar-refractivity contribution in [2.24, 2.45) is 0 Å². The van der Waals surface area contributed by atoms with Crippen LogP contribution in [0.5, 0.6) is 0 Å². The van der Waals surface area contributed by atoms with E-state index in [-0.39, 0.29) is 6.42 Å². The average Bonchev–Trinajstić information content (AvgIpc) is 2.02. The minimum atomic E-state index is -4.40. The predicted molar refractivity (Wildman–Crippen MR) is 45.4 cm³/mol. The fourth-order valence-corrected chi connectivity index (χ4v) is 1.23. The Bertz CT molecular complexity index is 374. The van der Waals surface area contributed by atoms with E-state index in [1.54, 1.807) is 6.92 Å². The van der Waals surface area contributed by atoms with Gasteiger partial charge in [0.05, 0.1) is 17.1 Å². The summed E-state index contributed by atoms with van der Waals surface area (Å²) in [5, 5.41) is 0. The molecule has 0 aliphatic rings. The van der Waals surface area contributed by atoms with E-state index in [4.69, 9.17) is 0 Å². The summed E-state index contributed by atoms with van der Waals surface area (Å²) >= 11 is 0. The third-order valence-corrected chi connectivity index (χ3v) is 2.13. The predicted octanol–water partition coefficient (Wildman–Crippen LogP) is 0.627. The highest BCUT2D eigenvalue weighted by Gasteiger charge is 2.07. The second-order valence-electron chi connectivity index (χ2n) is 2.64. The van der Waals surface area contributed by atoms with Crippen molar-refractivity contribution < 1.29 is 12.3 Å². The topological polar surface area (TPSA) is 59.9 Å². The van der Waals surface area contributed by atoms with Crippen molar-refractivity contribution >= 4 is 10.2 Å². The van der Waals surface area contributed by atoms with Crippen LogP contribution in [-0.4, -0.2) is 24.1 Å². The molecule has 0 radical (unpaired) electrons. The number of aryl methyl sites for hydroxylation is 2. The molecule has 0 amide bonds. The Hall–Kier alpha value is -1.04. The van der Waals surface area contributed by atoms with Gasteiger partial charge < -0.3 is 0 Å². The Morgan fingerprint density at radius 3 is 2.54 bits per heavy atom. The molecular weight excluding hydrogens is 195 g/mol. The van der Waals surface area contributed by atoms with Crippen LogP contribution in [0.2, 0.25) is 0 Å². The van der Waals surface area contributed by atoms with Gasteiger partial charge in [-0.15, -0.1) is 3.89 Å². The maximum atomic E-state index is 12.1. The van der Waals surface area contributed by atoms with E-state index in [1.807, 2.05) is 0 Å². The van der Waals surface area contributed by atoms with Gasteiger partial charge >= 0.3 is 10.2 Å². The van der Waals surface area contributed by atoms with Gasteiger partial charge in [-0.3, -0.25) is 9.97 Å². The van der Waals surface area contributed by atoms with Crippen molar-refractivity contribution in [2.75, 3.05) is 5.75 Å². The lowest BCUT2D eigenvalue weighted by atomic mass is 10.3. The summed E-state index contributed by atoms with van der Waals surface area (Å²) in [7, 11) is -4.40. The molecular formula is C7H9FN2O2S. The smallest absolute Gasteiger partial charge is 0.258 e. The summed E-state index contributed by atoms with van der Waals surface area (Å²) in [5.41, 5.74) is 1.22. The van der Waals surface area contributed by atoms with Crippen LogP contribution in [0.3, 0.4) is 0 Å². The van der Waals surface area contributed by atoms with E-state index in [1.165, 1.54) is 12.4 Å². The van der Waals surface area contributed by atoms with Gasteiger partial charge in [-0.25, -0.2) is 0 Å². The van der Waals surface area contributed by atoms with Crippen LogP contribution in [0.1, 0.15) is 11.4 Å². The third kappa shape index (κ3) is 3.93. The highest BCUT2D eigenvalue weighted by molar-refractivity contribution is 7.86. The summed E-state index contributed by atoms with van der Waals surface area (Å²) < 4.78 is 32.4. The molecule has 0 spiro atoms. The molecule has 0 fully saturated rings. The van der Waals surface area contributed by atoms with E-state index in [2.05, 4.69) is 9.97 Å². The molecule has 0 saturated heterocycles. The van der Waals surface area contributed by atoms with Gasteiger partial charge in [-0.2, -0.15) is 8.42 Å². The first-order chi connectivity index (χ1) is 5.97. The van der Waals surface area contributed by atoms with E-state index in [0.29, 0.717) is 5.69 Å². The zero-order valence-electron chi connectivity index (χ0n) is 7.07. The van der Waals surface area contributed by atoms with E-state index in [9.17, 15) is 12.3 Å². The van der Waals surface area contributed by atoms with Crippen LogP contribution in [0.25, 0.3) is 0 Å². The van der Waals surface area contributed by atoms with Gasteiger partial charge in [0.25, 0.3) is 0 Å². The molecule has 1 rings (SSSR count). The molecule has 0 aliphatic heterocycles.